The summed E-state index contributed by atoms with van der Waals surface area (Å²) in [6.07, 6.45) is 7.82. The SMILES string of the molecule is CC(C)C/C=C/C=C/[Si](C)(C)C. The van der Waals surface area contributed by atoms with E-state index in [1.807, 2.05) is 0 Å². The van der Waals surface area contributed by atoms with Gasteiger partial charge in [-0.1, -0.05) is 57.4 Å². The fourth-order valence-electron chi connectivity index (χ4n) is 0.774. The fraction of sp³-hybridized carbons (Fsp3) is 0.636. The molecule has 0 unspecified atom stereocenters. The molecule has 0 aromatic rings. The summed E-state index contributed by atoms with van der Waals surface area (Å²) in [5, 5.41) is 0. The molecule has 0 aromatic heterocycles. The quantitative estimate of drug-likeness (QED) is 0.455. The van der Waals surface area contributed by atoms with E-state index in [4.69, 9.17) is 0 Å². The number of hydrogen-bond donors (Lipinski definition) is 0. The Hall–Kier alpha value is -0.303. The van der Waals surface area contributed by atoms with E-state index in [0.29, 0.717) is 0 Å². The predicted octanol–water partition coefficient (Wildman–Crippen LogP) is 4.02. The van der Waals surface area contributed by atoms with Crippen molar-refractivity contribution in [3.63, 3.8) is 0 Å². The van der Waals surface area contributed by atoms with Crippen LogP contribution < -0.4 is 0 Å². The monoisotopic (exact) mass is 182 g/mol. The summed E-state index contributed by atoms with van der Waals surface area (Å²) < 4.78 is 0. The number of hydrogen-bond acceptors (Lipinski definition) is 0. The van der Waals surface area contributed by atoms with Crippen molar-refractivity contribution in [2.75, 3.05) is 0 Å². The summed E-state index contributed by atoms with van der Waals surface area (Å²) in [5.74, 6) is 0.779. The van der Waals surface area contributed by atoms with Crippen LogP contribution in [0.3, 0.4) is 0 Å². The van der Waals surface area contributed by atoms with Gasteiger partial charge in [-0.3, -0.25) is 0 Å². The molecule has 0 rings (SSSR count). The van der Waals surface area contributed by atoms with Crippen LogP contribution in [0.5, 0.6) is 0 Å². The molecule has 0 bridgehead atoms. The van der Waals surface area contributed by atoms with E-state index in [1.165, 1.54) is 6.42 Å². The molecule has 12 heavy (non-hydrogen) atoms. The molecule has 0 nitrogen and oxygen atoms in total. The molecular weight excluding hydrogens is 160 g/mol. The summed E-state index contributed by atoms with van der Waals surface area (Å²) in [5.41, 5.74) is 2.36. The maximum Gasteiger partial charge on any atom is 0.0686 e. The van der Waals surface area contributed by atoms with Gasteiger partial charge in [0.25, 0.3) is 0 Å². The molecule has 0 saturated carbocycles. The maximum atomic E-state index is 2.36. The molecule has 0 heterocycles. The zero-order valence-corrected chi connectivity index (χ0v) is 10.1. The van der Waals surface area contributed by atoms with E-state index in [9.17, 15) is 0 Å². The standard InChI is InChI=1S/C11H22Si/c1-11(2)9-7-6-8-10-12(3,4)5/h6-8,10-11H,9H2,1-5H3/b7-6+,10-8+. The Morgan fingerprint density at radius 2 is 1.67 bits per heavy atom. The normalized spacial score (nSPS) is 13.8. The van der Waals surface area contributed by atoms with Gasteiger partial charge < -0.3 is 0 Å². The van der Waals surface area contributed by atoms with Crippen LogP contribution in [0.1, 0.15) is 20.3 Å². The summed E-state index contributed by atoms with van der Waals surface area (Å²) in [6, 6.07) is 0. The third-order valence-corrected chi connectivity index (χ3v) is 2.64. The molecule has 0 amide bonds. The largest absolute Gasteiger partial charge is 0.0950 e. The van der Waals surface area contributed by atoms with Crippen molar-refractivity contribution in [2.24, 2.45) is 5.92 Å². The highest BCUT2D eigenvalue weighted by molar-refractivity contribution is 6.80. The smallest absolute Gasteiger partial charge is 0.0686 e. The molecule has 0 saturated heterocycles. The average Bonchev–Trinajstić information content (AvgIpc) is 1.83. The van der Waals surface area contributed by atoms with Crippen molar-refractivity contribution < 1.29 is 0 Å². The van der Waals surface area contributed by atoms with Gasteiger partial charge in [0, 0.05) is 0 Å². The molecule has 0 radical (unpaired) electrons. The molecule has 70 valence electrons. The highest BCUT2D eigenvalue weighted by atomic mass is 28.3. The first-order valence-electron chi connectivity index (χ1n) is 4.76. The van der Waals surface area contributed by atoms with Crippen LogP contribution in [0.2, 0.25) is 19.6 Å². The van der Waals surface area contributed by atoms with E-state index in [0.717, 1.165) is 5.92 Å². The topological polar surface area (TPSA) is 0 Å². The fourth-order valence-corrected chi connectivity index (χ4v) is 1.46. The number of allylic oxidation sites excluding steroid dienone is 3. The molecule has 0 aromatic carbocycles. The highest BCUT2D eigenvalue weighted by Crippen LogP contribution is 2.03. The zero-order chi connectivity index (χ0) is 9.61. The summed E-state index contributed by atoms with van der Waals surface area (Å²) >= 11 is 0. The molecule has 0 atom stereocenters. The lowest BCUT2D eigenvalue weighted by molar-refractivity contribution is 0.664. The van der Waals surface area contributed by atoms with Gasteiger partial charge >= 0.3 is 0 Å². The van der Waals surface area contributed by atoms with E-state index in [-0.39, 0.29) is 0 Å². The van der Waals surface area contributed by atoms with Crippen LogP contribution >= 0.6 is 0 Å². The lowest BCUT2D eigenvalue weighted by atomic mass is 10.1. The Labute approximate surface area is 78.4 Å². The molecule has 0 spiro atoms. The van der Waals surface area contributed by atoms with Crippen molar-refractivity contribution in [1.29, 1.82) is 0 Å². The van der Waals surface area contributed by atoms with Crippen molar-refractivity contribution in [1.82, 2.24) is 0 Å². The first kappa shape index (κ1) is 11.7. The lowest BCUT2D eigenvalue weighted by Gasteiger charge is -2.06. The Balaban J connectivity index is 3.67. The molecule has 0 aliphatic heterocycles. The summed E-state index contributed by atoms with van der Waals surface area (Å²) in [7, 11) is -0.966. The molecular formula is C11H22Si. The second kappa shape index (κ2) is 5.36. The van der Waals surface area contributed by atoms with Crippen LogP contribution in [-0.2, 0) is 0 Å². The van der Waals surface area contributed by atoms with E-state index in [2.05, 4.69) is 57.4 Å². The van der Waals surface area contributed by atoms with Gasteiger partial charge in [-0.2, -0.15) is 0 Å². The lowest BCUT2D eigenvalue weighted by Crippen LogP contribution is -2.14. The van der Waals surface area contributed by atoms with Crippen molar-refractivity contribution in [2.45, 2.75) is 39.9 Å². The highest BCUT2D eigenvalue weighted by Gasteiger charge is 2.05. The molecule has 0 fully saturated rings. The van der Waals surface area contributed by atoms with Gasteiger partial charge in [-0.15, -0.1) is 0 Å². The van der Waals surface area contributed by atoms with Crippen molar-refractivity contribution in [3.8, 4) is 0 Å². The minimum Gasteiger partial charge on any atom is -0.0950 e. The number of rotatable bonds is 4. The molecule has 0 aliphatic rings. The van der Waals surface area contributed by atoms with Crippen LogP contribution in [0.4, 0.5) is 0 Å². The van der Waals surface area contributed by atoms with Crippen LogP contribution in [0, 0.1) is 5.92 Å². The predicted molar refractivity (Wildman–Crippen MR) is 61.1 cm³/mol. The Morgan fingerprint density at radius 3 is 2.08 bits per heavy atom. The minimum absolute atomic E-state index is 0.779. The van der Waals surface area contributed by atoms with Crippen LogP contribution in [0.15, 0.2) is 23.9 Å². The van der Waals surface area contributed by atoms with Gasteiger partial charge in [0.2, 0.25) is 0 Å². The van der Waals surface area contributed by atoms with Gasteiger partial charge in [0.05, 0.1) is 8.07 Å². The second-order valence-corrected chi connectivity index (χ2v) is 9.85. The average molecular weight is 182 g/mol. The van der Waals surface area contributed by atoms with Crippen molar-refractivity contribution >= 4 is 8.07 Å². The first-order chi connectivity index (χ1) is 5.42. The van der Waals surface area contributed by atoms with Gasteiger partial charge in [-0.25, -0.2) is 0 Å². The van der Waals surface area contributed by atoms with Gasteiger partial charge in [-0.05, 0) is 12.3 Å². The first-order valence-corrected chi connectivity index (χ1v) is 8.34. The van der Waals surface area contributed by atoms with E-state index >= 15 is 0 Å². The van der Waals surface area contributed by atoms with Crippen LogP contribution in [-0.4, -0.2) is 8.07 Å². The Bertz CT molecular complexity index is 158. The molecule has 1 heteroatoms. The van der Waals surface area contributed by atoms with E-state index < -0.39 is 8.07 Å². The zero-order valence-electron chi connectivity index (χ0n) is 9.09. The molecule has 0 N–H and O–H groups in total. The van der Waals surface area contributed by atoms with Crippen molar-refractivity contribution in [3.05, 3.63) is 23.9 Å². The summed E-state index contributed by atoms with van der Waals surface area (Å²) in [4.78, 5) is 0. The van der Waals surface area contributed by atoms with Gasteiger partial charge in [0.15, 0.2) is 0 Å². The third-order valence-electron chi connectivity index (χ3n) is 1.45. The summed E-state index contributed by atoms with van der Waals surface area (Å²) in [6.45, 7) is 11.5. The Kier molecular flexibility index (Phi) is 5.23. The Morgan fingerprint density at radius 1 is 1.08 bits per heavy atom. The third kappa shape index (κ3) is 9.70. The minimum atomic E-state index is -0.966. The molecule has 0 aliphatic carbocycles. The maximum absolute atomic E-state index is 2.36. The van der Waals surface area contributed by atoms with Gasteiger partial charge in [0.1, 0.15) is 0 Å². The second-order valence-electron chi connectivity index (χ2n) is 4.78. The van der Waals surface area contributed by atoms with Crippen LogP contribution in [0.25, 0.3) is 0 Å². The van der Waals surface area contributed by atoms with E-state index in [1.54, 1.807) is 0 Å².